The first kappa shape index (κ1) is 36.5. The van der Waals surface area contributed by atoms with E-state index in [-0.39, 0.29) is 154 Å². The molecule has 4 atom stereocenters. The number of rotatable bonds is 6. The molecule has 0 aromatic heterocycles. The van der Waals surface area contributed by atoms with Crippen LogP contribution < -0.4 is 169 Å². The van der Waals surface area contributed by atoms with E-state index in [1.54, 1.807) is 0 Å². The van der Waals surface area contributed by atoms with Gasteiger partial charge in [0.15, 0.2) is 6.10 Å². The normalized spacial score (nSPS) is 13.7. The molecule has 0 rings (SSSR count). The summed E-state index contributed by atoms with van der Waals surface area (Å²) in [5.74, 6) is -7.94. The average Bonchev–Trinajstić information content (AvgIpc) is 2.35. The SMILES string of the molecule is O=C([O-])C(O)C(O)C(=O)O.O=C([O-])C(O)C(O)C(=O)[O-].[K+].[K+].[K+]. The predicted molar refractivity (Wildman–Crippen MR) is 46.7 cm³/mol. The van der Waals surface area contributed by atoms with Crippen molar-refractivity contribution in [2.45, 2.75) is 24.4 Å². The van der Waals surface area contributed by atoms with Crippen LogP contribution in [0.4, 0.5) is 0 Å². The molecule has 0 aliphatic rings. The maximum absolute atomic E-state index is 9.74. The Morgan fingerprint density at radius 2 is 0.739 bits per heavy atom. The molecule has 0 aromatic carbocycles. The third kappa shape index (κ3) is 17.8. The number of aliphatic hydroxyl groups excluding tert-OH is 4. The largest absolute Gasteiger partial charge is 1.00 e. The summed E-state index contributed by atoms with van der Waals surface area (Å²) < 4.78 is 0. The summed E-state index contributed by atoms with van der Waals surface area (Å²) in [6, 6.07) is 0. The van der Waals surface area contributed by atoms with Crippen LogP contribution in [0.1, 0.15) is 0 Å². The Labute approximate surface area is 256 Å². The molecule has 116 valence electrons. The minimum Gasteiger partial charge on any atom is -0.547 e. The standard InChI is InChI=1S/2C4H6O6.3K/c2*5-1(3(7)8)2(6)4(9)10;;;/h2*1-2,5-6H,(H,7,8)(H,9,10);;;/q;;3*+1/p-3. The van der Waals surface area contributed by atoms with Crippen LogP contribution in [-0.4, -0.2) is 73.8 Å². The van der Waals surface area contributed by atoms with E-state index >= 15 is 0 Å². The second-order valence-corrected chi connectivity index (χ2v) is 3.07. The monoisotopic (exact) mass is 414 g/mol. The van der Waals surface area contributed by atoms with Crippen LogP contribution >= 0.6 is 0 Å². The molecule has 12 nitrogen and oxygen atoms in total. The average molecular weight is 414 g/mol. The molecular formula is C8H9K3O12. The summed E-state index contributed by atoms with van der Waals surface area (Å²) in [5, 5.41) is 69.9. The van der Waals surface area contributed by atoms with Gasteiger partial charge in [-0.25, -0.2) is 4.79 Å². The van der Waals surface area contributed by atoms with Crippen molar-refractivity contribution in [2.24, 2.45) is 0 Å². The van der Waals surface area contributed by atoms with E-state index in [2.05, 4.69) is 0 Å². The maximum Gasteiger partial charge on any atom is 1.00 e. The van der Waals surface area contributed by atoms with Gasteiger partial charge in [0.25, 0.3) is 0 Å². The zero-order valence-electron chi connectivity index (χ0n) is 12.4. The van der Waals surface area contributed by atoms with Crippen LogP contribution in [0, 0.1) is 0 Å². The van der Waals surface area contributed by atoms with Crippen LogP contribution in [-0.2, 0) is 19.2 Å². The number of carboxylic acids is 4. The third-order valence-electron chi connectivity index (χ3n) is 1.58. The van der Waals surface area contributed by atoms with Crippen LogP contribution in [0.3, 0.4) is 0 Å². The Balaban J connectivity index is -0.0000000831. The van der Waals surface area contributed by atoms with E-state index in [0.29, 0.717) is 0 Å². The van der Waals surface area contributed by atoms with Crippen LogP contribution in [0.2, 0.25) is 0 Å². The molecule has 4 unspecified atom stereocenters. The first-order valence-corrected chi connectivity index (χ1v) is 4.51. The number of hydrogen-bond donors (Lipinski definition) is 5. The Hall–Kier alpha value is 2.63. The Morgan fingerprint density at radius 1 is 0.565 bits per heavy atom. The zero-order valence-corrected chi connectivity index (χ0v) is 21.8. The summed E-state index contributed by atoms with van der Waals surface area (Å²) >= 11 is 0. The van der Waals surface area contributed by atoms with Gasteiger partial charge in [0, 0.05) is 0 Å². The summed E-state index contributed by atoms with van der Waals surface area (Å²) in [7, 11) is 0. The van der Waals surface area contributed by atoms with Crippen molar-refractivity contribution in [1.82, 2.24) is 0 Å². The van der Waals surface area contributed by atoms with Gasteiger partial charge in [-0.2, -0.15) is 0 Å². The first-order chi connectivity index (χ1) is 8.93. The maximum atomic E-state index is 9.74. The van der Waals surface area contributed by atoms with Gasteiger partial charge in [0.05, 0.1) is 17.9 Å². The van der Waals surface area contributed by atoms with Gasteiger partial charge in [-0.15, -0.1) is 0 Å². The molecular weight excluding hydrogens is 405 g/mol. The van der Waals surface area contributed by atoms with Crippen molar-refractivity contribution < 1.29 is 214 Å². The molecule has 15 heteroatoms. The van der Waals surface area contributed by atoms with Gasteiger partial charge in [0.1, 0.15) is 18.3 Å². The molecule has 0 heterocycles. The minimum atomic E-state index is -2.44. The van der Waals surface area contributed by atoms with Crippen molar-refractivity contribution in [3.05, 3.63) is 0 Å². The number of aliphatic carboxylic acids is 4. The fourth-order valence-corrected chi connectivity index (χ4v) is 0.522. The number of carbonyl (C=O) groups is 4. The predicted octanol–water partition coefficient (Wildman–Crippen LogP) is -17.2. The summed E-state index contributed by atoms with van der Waals surface area (Å²) in [6.07, 6.45) is -9.59. The zero-order chi connectivity index (χ0) is 16.6. The van der Waals surface area contributed by atoms with Crippen LogP contribution in [0.25, 0.3) is 0 Å². The fraction of sp³-hybridized carbons (Fsp3) is 0.500. The Morgan fingerprint density at radius 3 is 0.826 bits per heavy atom. The quantitative estimate of drug-likeness (QED) is 0.254. The second-order valence-electron chi connectivity index (χ2n) is 3.07. The van der Waals surface area contributed by atoms with Gasteiger partial charge in [-0.3, -0.25) is 0 Å². The molecule has 0 amide bonds. The molecule has 0 aliphatic carbocycles. The van der Waals surface area contributed by atoms with Crippen LogP contribution in [0.5, 0.6) is 0 Å². The fourth-order valence-electron chi connectivity index (χ4n) is 0.522. The summed E-state index contributed by atoms with van der Waals surface area (Å²) in [4.78, 5) is 38.7. The van der Waals surface area contributed by atoms with Crippen molar-refractivity contribution >= 4 is 23.9 Å². The van der Waals surface area contributed by atoms with Gasteiger partial charge >= 0.3 is 160 Å². The molecule has 0 saturated carbocycles. The van der Waals surface area contributed by atoms with Gasteiger partial charge in [-0.1, -0.05) is 0 Å². The van der Waals surface area contributed by atoms with E-state index < -0.39 is 48.3 Å². The van der Waals surface area contributed by atoms with E-state index in [0.717, 1.165) is 0 Å². The van der Waals surface area contributed by atoms with E-state index in [1.165, 1.54) is 0 Å². The van der Waals surface area contributed by atoms with Gasteiger partial charge < -0.3 is 55.2 Å². The number of hydrogen-bond acceptors (Lipinski definition) is 11. The van der Waals surface area contributed by atoms with Crippen molar-refractivity contribution in [2.75, 3.05) is 0 Å². The van der Waals surface area contributed by atoms with Crippen molar-refractivity contribution in [3.63, 3.8) is 0 Å². The molecule has 0 radical (unpaired) electrons. The smallest absolute Gasteiger partial charge is 0.547 e. The third-order valence-corrected chi connectivity index (χ3v) is 1.58. The number of carboxylic acid groups (broad SMARTS) is 4. The molecule has 0 bridgehead atoms. The summed E-state index contributed by atoms with van der Waals surface area (Å²) in [5.41, 5.74) is 0. The molecule has 0 spiro atoms. The topological polar surface area (TPSA) is 239 Å². The van der Waals surface area contributed by atoms with Gasteiger partial charge in [0.2, 0.25) is 0 Å². The minimum absolute atomic E-state index is 0. The molecule has 0 aromatic rings. The van der Waals surface area contributed by atoms with Crippen molar-refractivity contribution in [1.29, 1.82) is 0 Å². The Kier molecular flexibility index (Phi) is 30.8. The number of carbonyl (C=O) groups excluding carboxylic acids is 3. The molecule has 0 fully saturated rings. The molecule has 0 saturated heterocycles. The van der Waals surface area contributed by atoms with E-state index in [9.17, 15) is 34.5 Å². The molecule has 0 aliphatic heterocycles. The van der Waals surface area contributed by atoms with E-state index in [4.69, 9.17) is 25.5 Å². The first-order valence-electron chi connectivity index (χ1n) is 4.51. The van der Waals surface area contributed by atoms with E-state index in [1.807, 2.05) is 0 Å². The number of aliphatic hydroxyl groups is 4. The van der Waals surface area contributed by atoms with Gasteiger partial charge in [-0.05, 0) is 0 Å². The van der Waals surface area contributed by atoms with Crippen molar-refractivity contribution in [3.8, 4) is 0 Å². The molecule has 5 N–H and O–H groups in total. The molecule has 23 heavy (non-hydrogen) atoms. The summed E-state index contributed by atoms with van der Waals surface area (Å²) in [6.45, 7) is 0. The second kappa shape index (κ2) is 19.4. The van der Waals surface area contributed by atoms with Crippen LogP contribution in [0.15, 0.2) is 0 Å². The Bertz CT molecular complexity index is 317.